The predicted octanol–water partition coefficient (Wildman–Crippen LogP) is 3.24. The molecule has 0 spiro atoms. The molecule has 4 aliphatic rings. The summed E-state index contributed by atoms with van der Waals surface area (Å²) in [4.78, 5) is 9.78. The lowest BCUT2D eigenvalue weighted by molar-refractivity contribution is 0.0238. The number of hydrogen-bond acceptors (Lipinski definition) is 8. The molecule has 0 amide bonds. The van der Waals surface area contributed by atoms with Crippen molar-refractivity contribution in [1.29, 1.82) is 0 Å². The number of ether oxygens (including phenoxy) is 1. The van der Waals surface area contributed by atoms with Crippen LogP contribution in [0, 0.1) is 0 Å². The number of nitrogens with one attached hydrogen (secondary N) is 2. The van der Waals surface area contributed by atoms with E-state index in [4.69, 9.17) is 4.74 Å². The van der Waals surface area contributed by atoms with E-state index in [9.17, 15) is 0 Å². The Morgan fingerprint density at radius 1 is 0.611 bits per heavy atom. The van der Waals surface area contributed by atoms with Crippen molar-refractivity contribution in [2.45, 2.75) is 79.6 Å². The number of hydrogen-bond donors (Lipinski definition) is 2. The Morgan fingerprint density at radius 2 is 1.11 bits per heavy atom. The molecule has 0 aliphatic carbocycles. The van der Waals surface area contributed by atoms with E-state index in [0.29, 0.717) is 12.1 Å². The van der Waals surface area contributed by atoms with Crippen molar-refractivity contribution in [3.63, 3.8) is 0 Å². The molecule has 36 heavy (non-hydrogen) atoms. The van der Waals surface area contributed by atoms with Crippen LogP contribution >= 0.6 is 11.8 Å². The average Bonchev–Trinajstić information content (AvgIpc) is 2.92. The van der Waals surface area contributed by atoms with Gasteiger partial charge in [-0.1, -0.05) is 0 Å². The molecule has 0 saturated carbocycles. The van der Waals surface area contributed by atoms with Gasteiger partial charge in [-0.15, -0.1) is 0 Å². The molecule has 0 aromatic rings. The van der Waals surface area contributed by atoms with E-state index < -0.39 is 0 Å². The maximum Gasteiger partial charge on any atom is 0.0594 e. The summed E-state index contributed by atoms with van der Waals surface area (Å²) in [5, 5.41) is 6.48. The van der Waals surface area contributed by atoms with Crippen LogP contribution in [-0.4, -0.2) is 134 Å². The van der Waals surface area contributed by atoms with Crippen LogP contribution < -0.4 is 10.6 Å². The third-order valence-electron chi connectivity index (χ3n) is 7.00. The number of piperazine rings is 1. The van der Waals surface area contributed by atoms with Crippen molar-refractivity contribution in [2.24, 2.45) is 0 Å². The zero-order valence-electron chi connectivity index (χ0n) is 25.0. The Hall–Kier alpha value is -0.510. The van der Waals surface area contributed by atoms with Gasteiger partial charge in [0.15, 0.2) is 0 Å². The van der Waals surface area contributed by atoms with Crippen LogP contribution in [0.25, 0.3) is 0 Å². The molecule has 0 atom stereocenters. The van der Waals surface area contributed by atoms with E-state index in [1.165, 1.54) is 37.7 Å². The second kappa shape index (κ2) is 20.5. The van der Waals surface area contributed by atoms with Crippen molar-refractivity contribution >= 4 is 11.8 Å². The third-order valence-corrected chi connectivity index (χ3v) is 7.94. The van der Waals surface area contributed by atoms with Gasteiger partial charge in [0, 0.05) is 114 Å². The summed E-state index contributed by atoms with van der Waals surface area (Å²) >= 11 is 2.07. The lowest BCUT2D eigenvalue weighted by Gasteiger charge is -2.30. The van der Waals surface area contributed by atoms with Gasteiger partial charge < -0.3 is 20.3 Å². The molecule has 4 rings (SSSR count). The minimum absolute atomic E-state index is 0.642. The molecule has 0 radical (unpaired) electrons. The highest BCUT2D eigenvalue weighted by molar-refractivity contribution is 7.99. The lowest BCUT2D eigenvalue weighted by atomic mass is 10.3. The molecule has 3 saturated heterocycles. The molecule has 4 aliphatic heterocycles. The summed E-state index contributed by atoms with van der Waals surface area (Å²) in [7, 11) is 0. The molecule has 3 fully saturated rings. The van der Waals surface area contributed by atoms with Crippen LogP contribution in [-0.2, 0) is 4.74 Å². The van der Waals surface area contributed by atoms with E-state index in [0.717, 1.165) is 64.6 Å². The summed E-state index contributed by atoms with van der Waals surface area (Å²) in [6, 6.07) is 2.82. The molecule has 0 unspecified atom stereocenters. The monoisotopic (exact) mass is 528 g/mol. The number of nitrogens with zero attached hydrogens (tertiary/aromatic N) is 4. The average molecular weight is 529 g/mol. The van der Waals surface area contributed by atoms with Gasteiger partial charge in [0.1, 0.15) is 0 Å². The highest BCUT2D eigenvalue weighted by atomic mass is 32.2. The normalized spacial score (nSPS) is 21.8. The van der Waals surface area contributed by atoms with Crippen LogP contribution in [0.5, 0.6) is 0 Å². The van der Waals surface area contributed by atoms with Crippen LogP contribution in [0.3, 0.4) is 0 Å². The first kappa shape index (κ1) is 33.5. The van der Waals surface area contributed by atoms with Gasteiger partial charge in [0.25, 0.3) is 0 Å². The molecule has 4 heterocycles. The first-order valence-electron chi connectivity index (χ1n) is 14.5. The van der Waals surface area contributed by atoms with E-state index in [2.05, 4.69) is 104 Å². The molecule has 0 aromatic carbocycles. The maximum atomic E-state index is 5.21. The van der Waals surface area contributed by atoms with Crippen molar-refractivity contribution in [2.75, 3.05) is 90.2 Å². The standard InChI is InChI=1S/C7H16N2.C7H14N2.C7H15NO.C7H15NS/c2*1-7(2)9-5-3-8-4-6-9;2*1-7(2)8-3-5-9-6-4-8/h7-8H,3-6H2,1-2H3;3,5,7-8H,4,6H2,1-2H3;2*7H,3-6H2,1-2H3. The second-order valence-electron chi connectivity index (χ2n) is 11.0. The van der Waals surface area contributed by atoms with Gasteiger partial charge in [-0.2, -0.15) is 11.8 Å². The minimum atomic E-state index is 0.642. The van der Waals surface area contributed by atoms with Crippen molar-refractivity contribution in [3.8, 4) is 0 Å². The molecule has 7 nitrogen and oxygen atoms in total. The van der Waals surface area contributed by atoms with Crippen LogP contribution in [0.4, 0.5) is 0 Å². The van der Waals surface area contributed by atoms with Crippen molar-refractivity contribution in [3.05, 3.63) is 12.4 Å². The van der Waals surface area contributed by atoms with Crippen LogP contribution in [0.15, 0.2) is 12.4 Å². The Balaban J connectivity index is 0.000000240. The largest absolute Gasteiger partial charge is 0.388 e. The fourth-order valence-electron chi connectivity index (χ4n) is 4.32. The smallest absolute Gasteiger partial charge is 0.0594 e. The fourth-order valence-corrected chi connectivity index (χ4v) is 5.25. The maximum absolute atomic E-state index is 5.21. The summed E-state index contributed by atoms with van der Waals surface area (Å²) in [6.07, 6.45) is 4.11. The van der Waals surface area contributed by atoms with Crippen molar-refractivity contribution < 1.29 is 4.74 Å². The van der Waals surface area contributed by atoms with E-state index in [1.807, 2.05) is 6.20 Å². The van der Waals surface area contributed by atoms with Gasteiger partial charge in [-0.25, -0.2) is 0 Å². The molecular weight excluding hydrogens is 468 g/mol. The Labute approximate surface area is 228 Å². The lowest BCUT2D eigenvalue weighted by Crippen LogP contribution is -2.46. The predicted molar refractivity (Wildman–Crippen MR) is 160 cm³/mol. The van der Waals surface area contributed by atoms with Crippen LogP contribution in [0.1, 0.15) is 55.4 Å². The van der Waals surface area contributed by atoms with Gasteiger partial charge in [-0.3, -0.25) is 14.7 Å². The topological polar surface area (TPSA) is 46.3 Å². The highest BCUT2D eigenvalue weighted by Gasteiger charge is 2.13. The van der Waals surface area contributed by atoms with Gasteiger partial charge >= 0.3 is 0 Å². The molecule has 0 bridgehead atoms. The third kappa shape index (κ3) is 15.7. The van der Waals surface area contributed by atoms with Gasteiger partial charge in [0.05, 0.1) is 13.2 Å². The van der Waals surface area contributed by atoms with E-state index in [-0.39, 0.29) is 0 Å². The van der Waals surface area contributed by atoms with E-state index in [1.54, 1.807) is 0 Å². The number of rotatable bonds is 4. The first-order chi connectivity index (χ1) is 17.2. The summed E-state index contributed by atoms with van der Waals surface area (Å²) in [6.45, 7) is 31.5. The van der Waals surface area contributed by atoms with Crippen LogP contribution in [0.2, 0.25) is 0 Å². The second-order valence-corrected chi connectivity index (χ2v) is 12.2. The quantitative estimate of drug-likeness (QED) is 0.577. The molecule has 2 N–H and O–H groups in total. The van der Waals surface area contributed by atoms with Crippen molar-refractivity contribution in [1.82, 2.24) is 30.2 Å². The Morgan fingerprint density at radius 3 is 1.44 bits per heavy atom. The SMILES string of the molecule is CC(C)N1C=CNCC1.CC(C)N1CCNCC1.CC(C)N1CCOCC1.CC(C)N1CCSCC1. The molecule has 8 heteroatoms. The van der Waals surface area contributed by atoms with Gasteiger partial charge in [0.2, 0.25) is 0 Å². The molecular formula is C28H60N6OS. The minimum Gasteiger partial charge on any atom is -0.388 e. The molecule has 214 valence electrons. The summed E-state index contributed by atoms with van der Waals surface area (Å²) in [5.74, 6) is 2.66. The Kier molecular flexibility index (Phi) is 19.0. The number of thioether (sulfide) groups is 1. The number of morpholine rings is 1. The molecule has 0 aromatic heterocycles. The van der Waals surface area contributed by atoms with E-state index >= 15 is 0 Å². The zero-order chi connectivity index (χ0) is 26.8. The summed E-state index contributed by atoms with van der Waals surface area (Å²) < 4.78 is 5.21. The highest BCUT2D eigenvalue weighted by Crippen LogP contribution is 2.11. The summed E-state index contributed by atoms with van der Waals surface area (Å²) in [5.41, 5.74) is 0. The van der Waals surface area contributed by atoms with Gasteiger partial charge in [-0.05, 0) is 55.4 Å². The Bertz CT molecular complexity index is 476. The zero-order valence-corrected chi connectivity index (χ0v) is 25.8. The first-order valence-corrected chi connectivity index (χ1v) is 15.6. The fraction of sp³-hybridized carbons (Fsp3) is 0.929.